The lowest BCUT2D eigenvalue weighted by atomic mass is 9.81. The molecule has 17 heavy (non-hydrogen) atoms. The van der Waals surface area contributed by atoms with E-state index in [1.54, 1.807) is 0 Å². The fourth-order valence-electron chi connectivity index (χ4n) is 3.67. The van der Waals surface area contributed by atoms with Crippen LogP contribution in [0.15, 0.2) is 0 Å². The molecule has 0 amide bonds. The van der Waals surface area contributed by atoms with Crippen molar-refractivity contribution in [2.45, 2.75) is 70.9 Å². The number of nitrogens with one attached hydrogen (secondary N) is 1. The normalized spacial score (nSPS) is 30.7. The molecular formula is C15H30N2. The Morgan fingerprint density at radius 1 is 1.24 bits per heavy atom. The van der Waals surface area contributed by atoms with Crippen molar-refractivity contribution >= 4 is 0 Å². The Kier molecular flexibility index (Phi) is 4.48. The maximum atomic E-state index is 3.70. The second-order valence-corrected chi connectivity index (χ2v) is 6.78. The van der Waals surface area contributed by atoms with Crippen molar-refractivity contribution < 1.29 is 0 Å². The van der Waals surface area contributed by atoms with Crippen LogP contribution in [0.3, 0.4) is 0 Å². The average Bonchev–Trinajstić information content (AvgIpc) is 2.29. The van der Waals surface area contributed by atoms with Gasteiger partial charge in [0.25, 0.3) is 0 Å². The van der Waals surface area contributed by atoms with Crippen molar-refractivity contribution in [3.63, 3.8) is 0 Å². The highest BCUT2D eigenvalue weighted by atomic mass is 15.3. The van der Waals surface area contributed by atoms with E-state index in [-0.39, 0.29) is 0 Å². The van der Waals surface area contributed by atoms with E-state index in [1.807, 2.05) is 0 Å². The van der Waals surface area contributed by atoms with E-state index >= 15 is 0 Å². The van der Waals surface area contributed by atoms with Crippen LogP contribution in [-0.4, -0.2) is 36.1 Å². The average molecular weight is 238 g/mol. The maximum absolute atomic E-state index is 3.70. The lowest BCUT2D eigenvalue weighted by Crippen LogP contribution is -2.59. The van der Waals surface area contributed by atoms with Crippen molar-refractivity contribution in [1.29, 1.82) is 0 Å². The lowest BCUT2D eigenvalue weighted by molar-refractivity contribution is 0.0363. The standard InChI is InChI=1S/C15H30N2/c1-13(2)11-14-12-17(10-9-16-14)15(3)7-5-4-6-8-15/h13-14,16H,4-12H2,1-3H3. The van der Waals surface area contributed by atoms with Crippen LogP contribution in [0.5, 0.6) is 0 Å². The second kappa shape index (κ2) is 5.71. The molecule has 1 aliphatic carbocycles. The van der Waals surface area contributed by atoms with Crippen molar-refractivity contribution in [3.8, 4) is 0 Å². The van der Waals surface area contributed by atoms with Crippen LogP contribution < -0.4 is 5.32 Å². The highest BCUT2D eigenvalue weighted by Gasteiger charge is 2.35. The lowest BCUT2D eigenvalue weighted by Gasteiger charge is -2.48. The third kappa shape index (κ3) is 3.45. The summed E-state index contributed by atoms with van der Waals surface area (Å²) < 4.78 is 0. The Labute approximate surface area is 107 Å². The summed E-state index contributed by atoms with van der Waals surface area (Å²) >= 11 is 0. The van der Waals surface area contributed by atoms with Crippen LogP contribution in [0.4, 0.5) is 0 Å². The van der Waals surface area contributed by atoms with Crippen LogP contribution in [-0.2, 0) is 0 Å². The predicted octanol–water partition coefficient (Wildman–Crippen LogP) is 3.03. The predicted molar refractivity (Wildman–Crippen MR) is 74.3 cm³/mol. The monoisotopic (exact) mass is 238 g/mol. The first-order valence-electron chi connectivity index (χ1n) is 7.58. The minimum atomic E-state index is 0.510. The number of piperazine rings is 1. The Morgan fingerprint density at radius 3 is 2.59 bits per heavy atom. The number of hydrogen-bond acceptors (Lipinski definition) is 2. The topological polar surface area (TPSA) is 15.3 Å². The van der Waals surface area contributed by atoms with Crippen molar-refractivity contribution in [2.75, 3.05) is 19.6 Å². The summed E-state index contributed by atoms with van der Waals surface area (Å²) in [7, 11) is 0. The molecule has 100 valence electrons. The van der Waals surface area contributed by atoms with Crippen LogP contribution in [0, 0.1) is 5.92 Å². The number of nitrogens with zero attached hydrogens (tertiary/aromatic N) is 1. The van der Waals surface area contributed by atoms with E-state index < -0.39 is 0 Å². The molecule has 0 bridgehead atoms. The molecule has 1 unspecified atom stereocenters. The largest absolute Gasteiger partial charge is 0.311 e. The molecule has 1 atom stereocenters. The first-order valence-corrected chi connectivity index (χ1v) is 7.58. The highest BCUT2D eigenvalue weighted by Crippen LogP contribution is 2.34. The molecule has 2 fully saturated rings. The summed E-state index contributed by atoms with van der Waals surface area (Å²) in [6.45, 7) is 10.9. The van der Waals surface area contributed by atoms with Gasteiger partial charge in [0.2, 0.25) is 0 Å². The fourth-order valence-corrected chi connectivity index (χ4v) is 3.67. The Bertz CT molecular complexity index is 231. The quantitative estimate of drug-likeness (QED) is 0.813. The zero-order valence-corrected chi connectivity index (χ0v) is 12.0. The minimum Gasteiger partial charge on any atom is -0.311 e. The van der Waals surface area contributed by atoms with Gasteiger partial charge >= 0.3 is 0 Å². The van der Waals surface area contributed by atoms with Gasteiger partial charge in [0, 0.05) is 31.2 Å². The molecular weight excluding hydrogens is 208 g/mol. The third-order valence-corrected chi connectivity index (χ3v) is 4.71. The molecule has 2 rings (SSSR count). The summed E-state index contributed by atoms with van der Waals surface area (Å²) in [4.78, 5) is 2.79. The van der Waals surface area contributed by atoms with Crippen LogP contribution in [0.2, 0.25) is 0 Å². The van der Waals surface area contributed by atoms with Gasteiger partial charge in [0.1, 0.15) is 0 Å². The summed E-state index contributed by atoms with van der Waals surface area (Å²) in [5.74, 6) is 0.812. The summed E-state index contributed by atoms with van der Waals surface area (Å²) in [6, 6.07) is 0.725. The van der Waals surface area contributed by atoms with E-state index in [4.69, 9.17) is 0 Å². The molecule has 1 saturated carbocycles. The van der Waals surface area contributed by atoms with Gasteiger partial charge in [0.05, 0.1) is 0 Å². The summed E-state index contributed by atoms with van der Waals surface area (Å²) in [6.07, 6.45) is 8.50. The van der Waals surface area contributed by atoms with Crippen LogP contribution in [0.25, 0.3) is 0 Å². The van der Waals surface area contributed by atoms with Crippen molar-refractivity contribution in [3.05, 3.63) is 0 Å². The van der Waals surface area contributed by atoms with E-state index in [1.165, 1.54) is 58.2 Å². The van der Waals surface area contributed by atoms with E-state index in [0.29, 0.717) is 5.54 Å². The van der Waals surface area contributed by atoms with Crippen molar-refractivity contribution in [1.82, 2.24) is 10.2 Å². The molecule has 0 radical (unpaired) electrons. The molecule has 0 spiro atoms. The van der Waals surface area contributed by atoms with Gasteiger partial charge in [-0.2, -0.15) is 0 Å². The molecule has 1 saturated heterocycles. The SMILES string of the molecule is CC(C)CC1CN(C2(C)CCCCC2)CCN1. The molecule has 2 aliphatic rings. The van der Waals surface area contributed by atoms with Gasteiger partial charge in [-0.1, -0.05) is 33.1 Å². The smallest absolute Gasteiger partial charge is 0.0198 e. The zero-order chi connectivity index (χ0) is 12.3. The summed E-state index contributed by atoms with van der Waals surface area (Å²) in [5.41, 5.74) is 0.510. The highest BCUT2D eigenvalue weighted by molar-refractivity contribution is 4.93. The van der Waals surface area contributed by atoms with Gasteiger partial charge in [-0.05, 0) is 32.1 Å². The first kappa shape index (κ1) is 13.4. The Morgan fingerprint density at radius 2 is 1.94 bits per heavy atom. The Hall–Kier alpha value is -0.0800. The minimum absolute atomic E-state index is 0.510. The zero-order valence-electron chi connectivity index (χ0n) is 12.0. The fraction of sp³-hybridized carbons (Fsp3) is 1.00. The molecule has 2 nitrogen and oxygen atoms in total. The molecule has 0 aromatic rings. The molecule has 0 aromatic heterocycles. The molecule has 1 aliphatic heterocycles. The van der Waals surface area contributed by atoms with Gasteiger partial charge in [-0.15, -0.1) is 0 Å². The van der Waals surface area contributed by atoms with E-state index in [0.717, 1.165) is 12.0 Å². The maximum Gasteiger partial charge on any atom is 0.0198 e. The van der Waals surface area contributed by atoms with Gasteiger partial charge in [-0.3, -0.25) is 4.90 Å². The van der Waals surface area contributed by atoms with E-state index in [9.17, 15) is 0 Å². The third-order valence-electron chi connectivity index (χ3n) is 4.71. The summed E-state index contributed by atoms with van der Waals surface area (Å²) in [5, 5.41) is 3.70. The molecule has 1 N–H and O–H groups in total. The number of hydrogen-bond donors (Lipinski definition) is 1. The van der Waals surface area contributed by atoms with Gasteiger partial charge in [0.15, 0.2) is 0 Å². The first-order chi connectivity index (χ1) is 8.10. The molecule has 2 heteroatoms. The Balaban J connectivity index is 1.91. The van der Waals surface area contributed by atoms with Crippen molar-refractivity contribution in [2.24, 2.45) is 5.92 Å². The van der Waals surface area contributed by atoms with Crippen LogP contribution >= 0.6 is 0 Å². The number of rotatable bonds is 3. The molecule has 1 heterocycles. The van der Waals surface area contributed by atoms with E-state index in [2.05, 4.69) is 31.0 Å². The van der Waals surface area contributed by atoms with Crippen LogP contribution in [0.1, 0.15) is 59.3 Å². The van der Waals surface area contributed by atoms with Gasteiger partial charge in [-0.25, -0.2) is 0 Å². The van der Waals surface area contributed by atoms with Gasteiger partial charge < -0.3 is 5.32 Å². The second-order valence-electron chi connectivity index (χ2n) is 6.78. The molecule has 0 aromatic carbocycles.